The van der Waals surface area contributed by atoms with Crippen molar-refractivity contribution in [1.29, 1.82) is 0 Å². The fourth-order valence-corrected chi connectivity index (χ4v) is 1.95. The Morgan fingerprint density at radius 3 is 2.00 bits per heavy atom. The Labute approximate surface area is 109 Å². The zero-order valence-corrected chi connectivity index (χ0v) is 11.9. The molecule has 0 spiro atoms. The van der Waals surface area contributed by atoms with E-state index in [9.17, 15) is 0 Å². The first kappa shape index (κ1) is 14.5. The molecule has 0 saturated heterocycles. The molecule has 0 saturated carbocycles. The molecule has 4 heteroatoms. The molecule has 0 fully saturated rings. The molecule has 0 aliphatic heterocycles. The van der Waals surface area contributed by atoms with Crippen molar-refractivity contribution in [2.45, 2.75) is 32.7 Å². The third kappa shape index (κ3) is 3.45. The van der Waals surface area contributed by atoms with Crippen LogP contribution in [0.3, 0.4) is 0 Å². The molecule has 0 bridgehead atoms. The molecule has 0 aromatic heterocycles. The quantitative estimate of drug-likeness (QED) is 0.809. The van der Waals surface area contributed by atoms with Gasteiger partial charge in [-0.3, -0.25) is 0 Å². The van der Waals surface area contributed by atoms with Gasteiger partial charge in [0.2, 0.25) is 5.75 Å². The third-order valence-corrected chi connectivity index (χ3v) is 2.80. The highest BCUT2D eigenvalue weighted by molar-refractivity contribution is 5.62. The molecule has 1 atom stereocenters. The lowest BCUT2D eigenvalue weighted by atomic mass is 10.1. The summed E-state index contributed by atoms with van der Waals surface area (Å²) in [5, 5.41) is 3.43. The van der Waals surface area contributed by atoms with Crippen LogP contribution in [-0.2, 0) is 0 Å². The number of anilines is 1. The Hall–Kier alpha value is -1.58. The van der Waals surface area contributed by atoms with Crippen molar-refractivity contribution >= 4 is 5.69 Å². The monoisotopic (exact) mass is 253 g/mol. The Morgan fingerprint density at radius 2 is 1.61 bits per heavy atom. The van der Waals surface area contributed by atoms with Gasteiger partial charge in [0.1, 0.15) is 0 Å². The van der Waals surface area contributed by atoms with E-state index < -0.39 is 0 Å². The van der Waals surface area contributed by atoms with Gasteiger partial charge in [0.25, 0.3) is 0 Å². The first-order chi connectivity index (χ1) is 8.65. The van der Waals surface area contributed by atoms with Gasteiger partial charge in [0.15, 0.2) is 11.5 Å². The third-order valence-electron chi connectivity index (χ3n) is 2.80. The van der Waals surface area contributed by atoms with Crippen molar-refractivity contribution in [3.63, 3.8) is 0 Å². The zero-order valence-electron chi connectivity index (χ0n) is 11.9. The minimum Gasteiger partial charge on any atom is -0.493 e. The van der Waals surface area contributed by atoms with E-state index in [1.807, 2.05) is 12.1 Å². The minimum atomic E-state index is 0.415. The predicted molar refractivity (Wildman–Crippen MR) is 74.1 cm³/mol. The average Bonchev–Trinajstić information content (AvgIpc) is 2.37. The Morgan fingerprint density at radius 1 is 1.06 bits per heavy atom. The molecule has 1 aromatic rings. The number of rotatable bonds is 7. The molecule has 0 radical (unpaired) electrons. The molecule has 1 unspecified atom stereocenters. The molecular weight excluding hydrogens is 230 g/mol. The number of hydrogen-bond acceptors (Lipinski definition) is 4. The lowest BCUT2D eigenvalue weighted by Gasteiger charge is -2.18. The second kappa shape index (κ2) is 6.99. The lowest BCUT2D eigenvalue weighted by Crippen LogP contribution is -2.14. The highest BCUT2D eigenvalue weighted by Gasteiger charge is 2.13. The molecule has 0 amide bonds. The molecule has 1 rings (SSSR count). The summed E-state index contributed by atoms with van der Waals surface area (Å²) >= 11 is 0. The topological polar surface area (TPSA) is 39.7 Å². The zero-order chi connectivity index (χ0) is 13.5. The van der Waals surface area contributed by atoms with Crippen LogP contribution >= 0.6 is 0 Å². The van der Waals surface area contributed by atoms with Gasteiger partial charge in [0, 0.05) is 23.9 Å². The number of nitrogens with one attached hydrogen (secondary N) is 1. The molecule has 102 valence electrons. The van der Waals surface area contributed by atoms with Crippen LogP contribution in [0, 0.1) is 0 Å². The maximum absolute atomic E-state index is 5.32. The van der Waals surface area contributed by atoms with Crippen LogP contribution in [0.4, 0.5) is 5.69 Å². The molecule has 0 aliphatic carbocycles. The molecule has 0 aliphatic rings. The summed E-state index contributed by atoms with van der Waals surface area (Å²) in [4.78, 5) is 0. The maximum atomic E-state index is 5.32. The van der Waals surface area contributed by atoms with Crippen molar-refractivity contribution in [3.8, 4) is 17.2 Å². The molecule has 0 heterocycles. The Kier molecular flexibility index (Phi) is 5.62. The van der Waals surface area contributed by atoms with Gasteiger partial charge in [-0.15, -0.1) is 0 Å². The normalized spacial score (nSPS) is 11.8. The highest BCUT2D eigenvalue weighted by atomic mass is 16.5. The second-order valence-corrected chi connectivity index (χ2v) is 4.25. The Balaban J connectivity index is 2.99. The fourth-order valence-electron chi connectivity index (χ4n) is 1.95. The van der Waals surface area contributed by atoms with Crippen molar-refractivity contribution in [2.24, 2.45) is 0 Å². The average molecular weight is 253 g/mol. The number of ether oxygens (including phenoxy) is 3. The van der Waals surface area contributed by atoms with Gasteiger partial charge in [0.05, 0.1) is 21.3 Å². The van der Waals surface area contributed by atoms with Crippen LogP contribution in [-0.4, -0.2) is 27.4 Å². The van der Waals surface area contributed by atoms with Gasteiger partial charge in [-0.25, -0.2) is 0 Å². The van der Waals surface area contributed by atoms with Gasteiger partial charge < -0.3 is 19.5 Å². The SMILES string of the molecule is CCCC(C)Nc1cc(OC)c(OC)c(OC)c1. The second-order valence-electron chi connectivity index (χ2n) is 4.25. The minimum absolute atomic E-state index is 0.415. The van der Waals surface area contributed by atoms with Crippen molar-refractivity contribution in [1.82, 2.24) is 0 Å². The van der Waals surface area contributed by atoms with Crippen LogP contribution in [0.2, 0.25) is 0 Å². The van der Waals surface area contributed by atoms with Crippen LogP contribution in [0.15, 0.2) is 12.1 Å². The van der Waals surface area contributed by atoms with Gasteiger partial charge in [-0.2, -0.15) is 0 Å². The van der Waals surface area contributed by atoms with Crippen molar-refractivity contribution in [2.75, 3.05) is 26.6 Å². The standard InChI is InChI=1S/C14H23NO3/c1-6-7-10(2)15-11-8-12(16-3)14(18-5)13(9-11)17-4/h8-10,15H,6-7H2,1-5H3. The summed E-state index contributed by atoms with van der Waals surface area (Å²) < 4.78 is 15.9. The summed E-state index contributed by atoms with van der Waals surface area (Å²) in [6, 6.07) is 4.26. The first-order valence-corrected chi connectivity index (χ1v) is 6.22. The number of hydrogen-bond donors (Lipinski definition) is 1. The van der Waals surface area contributed by atoms with E-state index in [0.29, 0.717) is 23.3 Å². The molecule has 18 heavy (non-hydrogen) atoms. The molecular formula is C14H23NO3. The van der Waals surface area contributed by atoms with Crippen LogP contribution in [0.1, 0.15) is 26.7 Å². The van der Waals surface area contributed by atoms with Gasteiger partial charge in [-0.05, 0) is 13.3 Å². The lowest BCUT2D eigenvalue weighted by molar-refractivity contribution is 0.324. The van der Waals surface area contributed by atoms with Crippen LogP contribution < -0.4 is 19.5 Å². The van der Waals surface area contributed by atoms with Crippen LogP contribution in [0.5, 0.6) is 17.2 Å². The largest absolute Gasteiger partial charge is 0.493 e. The van der Waals surface area contributed by atoms with Crippen molar-refractivity contribution in [3.05, 3.63) is 12.1 Å². The van der Waals surface area contributed by atoms with E-state index in [4.69, 9.17) is 14.2 Å². The molecule has 1 N–H and O–H groups in total. The summed E-state index contributed by atoms with van der Waals surface area (Å²) in [5.74, 6) is 1.96. The smallest absolute Gasteiger partial charge is 0.203 e. The van der Waals surface area contributed by atoms with Gasteiger partial charge in [-0.1, -0.05) is 13.3 Å². The molecule has 1 aromatic carbocycles. The van der Waals surface area contributed by atoms with E-state index in [-0.39, 0.29) is 0 Å². The van der Waals surface area contributed by atoms with Gasteiger partial charge >= 0.3 is 0 Å². The first-order valence-electron chi connectivity index (χ1n) is 6.22. The van der Waals surface area contributed by atoms with E-state index in [0.717, 1.165) is 18.5 Å². The predicted octanol–water partition coefficient (Wildman–Crippen LogP) is 3.31. The summed E-state index contributed by atoms with van der Waals surface area (Å²) in [6.07, 6.45) is 2.27. The highest BCUT2D eigenvalue weighted by Crippen LogP contribution is 2.40. The van der Waals surface area contributed by atoms with E-state index in [1.54, 1.807) is 21.3 Å². The van der Waals surface area contributed by atoms with E-state index >= 15 is 0 Å². The number of methoxy groups -OCH3 is 3. The summed E-state index contributed by atoms with van der Waals surface area (Å²) in [6.45, 7) is 4.33. The molecule has 4 nitrogen and oxygen atoms in total. The maximum Gasteiger partial charge on any atom is 0.203 e. The summed E-state index contributed by atoms with van der Waals surface area (Å²) in [5.41, 5.74) is 0.977. The summed E-state index contributed by atoms with van der Waals surface area (Å²) in [7, 11) is 4.85. The van der Waals surface area contributed by atoms with E-state index in [1.165, 1.54) is 0 Å². The van der Waals surface area contributed by atoms with E-state index in [2.05, 4.69) is 19.2 Å². The van der Waals surface area contributed by atoms with Crippen LogP contribution in [0.25, 0.3) is 0 Å². The number of benzene rings is 1. The Bertz CT molecular complexity index is 354. The van der Waals surface area contributed by atoms with Crippen molar-refractivity contribution < 1.29 is 14.2 Å². The fraction of sp³-hybridized carbons (Fsp3) is 0.571.